The van der Waals surface area contributed by atoms with Crippen LogP contribution in [0.25, 0.3) is 11.4 Å². The van der Waals surface area contributed by atoms with Crippen molar-refractivity contribution in [3.8, 4) is 11.4 Å². The molecule has 0 aliphatic heterocycles. The van der Waals surface area contributed by atoms with E-state index in [1.54, 1.807) is 0 Å². The van der Waals surface area contributed by atoms with Crippen LogP contribution in [0.15, 0.2) is 78.0 Å². The zero-order valence-corrected chi connectivity index (χ0v) is 24.5. The minimum Gasteiger partial charge on any atom is -0.465 e. The summed E-state index contributed by atoms with van der Waals surface area (Å²) in [5, 5.41) is 12.2. The van der Waals surface area contributed by atoms with Crippen LogP contribution in [-0.2, 0) is 26.2 Å². The second-order valence-corrected chi connectivity index (χ2v) is 11.2. The van der Waals surface area contributed by atoms with Crippen molar-refractivity contribution in [2.45, 2.75) is 37.9 Å². The number of rotatable bonds is 9. The number of anilines is 1. The van der Waals surface area contributed by atoms with Gasteiger partial charge in [-0.2, -0.15) is 0 Å². The van der Waals surface area contributed by atoms with Gasteiger partial charge in [0.15, 0.2) is 11.0 Å². The topological polar surface area (TPSA) is 112 Å². The SMILES string of the molecule is COC(=O)c1ccc(C(=O)OC)c(NC(=O)CSc2nnc(-c3ccc(C(C)(C)C)cc3)n2Cc2ccccc2)c1. The Hall–Kier alpha value is -4.44. The standard InChI is InChI=1S/C31H32N4O5S/c1-31(2,3)23-14-11-21(12-15-23)27-33-34-30(35(27)18-20-9-7-6-8-10-20)41-19-26(36)32-25-17-22(28(37)39-4)13-16-24(25)29(38)40-5/h6-17H,18-19H2,1-5H3,(H,32,36). The third-order valence-electron chi connectivity index (χ3n) is 6.36. The van der Waals surface area contributed by atoms with Gasteiger partial charge >= 0.3 is 11.9 Å². The van der Waals surface area contributed by atoms with Gasteiger partial charge in [0.25, 0.3) is 0 Å². The molecule has 4 rings (SSSR count). The van der Waals surface area contributed by atoms with E-state index in [-0.39, 0.29) is 28.0 Å². The molecule has 0 saturated heterocycles. The van der Waals surface area contributed by atoms with Crippen LogP contribution in [0.4, 0.5) is 5.69 Å². The highest BCUT2D eigenvalue weighted by molar-refractivity contribution is 7.99. The van der Waals surface area contributed by atoms with Crippen molar-refractivity contribution in [3.05, 3.63) is 95.1 Å². The number of amides is 1. The van der Waals surface area contributed by atoms with E-state index in [1.807, 2.05) is 47.0 Å². The fourth-order valence-electron chi connectivity index (χ4n) is 4.13. The number of benzene rings is 3. The maximum atomic E-state index is 13.0. The van der Waals surface area contributed by atoms with Crippen molar-refractivity contribution in [1.29, 1.82) is 0 Å². The first-order valence-electron chi connectivity index (χ1n) is 12.9. The van der Waals surface area contributed by atoms with Crippen LogP contribution >= 0.6 is 11.8 Å². The van der Waals surface area contributed by atoms with Crippen LogP contribution in [-0.4, -0.2) is 52.6 Å². The summed E-state index contributed by atoms with van der Waals surface area (Å²) >= 11 is 1.22. The normalized spacial score (nSPS) is 11.1. The fraction of sp³-hybridized carbons (Fsp3) is 0.258. The minimum atomic E-state index is -0.644. The van der Waals surface area contributed by atoms with Gasteiger partial charge in [-0.3, -0.25) is 9.36 Å². The van der Waals surface area contributed by atoms with E-state index in [1.165, 1.54) is 49.7 Å². The second-order valence-electron chi connectivity index (χ2n) is 10.3. The number of thioether (sulfide) groups is 1. The van der Waals surface area contributed by atoms with E-state index in [0.29, 0.717) is 17.5 Å². The Labute approximate surface area is 243 Å². The van der Waals surface area contributed by atoms with Gasteiger partial charge in [-0.05, 0) is 34.7 Å². The van der Waals surface area contributed by atoms with E-state index in [2.05, 4.69) is 48.4 Å². The first-order chi connectivity index (χ1) is 19.6. The molecule has 1 N–H and O–H groups in total. The molecule has 0 aliphatic carbocycles. The third kappa shape index (κ3) is 7.20. The van der Waals surface area contributed by atoms with Gasteiger partial charge in [0.2, 0.25) is 5.91 Å². The second kappa shape index (κ2) is 12.8. The molecular formula is C31H32N4O5S. The first kappa shape index (κ1) is 29.5. The van der Waals surface area contributed by atoms with E-state index < -0.39 is 17.8 Å². The van der Waals surface area contributed by atoms with Crippen molar-refractivity contribution in [3.63, 3.8) is 0 Å². The molecule has 0 spiro atoms. The molecular weight excluding hydrogens is 540 g/mol. The molecule has 0 fully saturated rings. The maximum absolute atomic E-state index is 13.0. The molecule has 0 radical (unpaired) electrons. The summed E-state index contributed by atoms with van der Waals surface area (Å²) in [4.78, 5) is 37.3. The zero-order chi connectivity index (χ0) is 29.6. The predicted octanol–water partition coefficient (Wildman–Crippen LogP) is 5.59. The number of hydrogen-bond donors (Lipinski definition) is 1. The molecule has 0 unspecified atom stereocenters. The molecule has 212 valence electrons. The van der Waals surface area contributed by atoms with Crippen molar-refractivity contribution >= 4 is 35.3 Å². The molecule has 9 nitrogen and oxygen atoms in total. The third-order valence-corrected chi connectivity index (χ3v) is 7.33. The van der Waals surface area contributed by atoms with Crippen LogP contribution in [0, 0.1) is 0 Å². The number of methoxy groups -OCH3 is 2. The lowest BCUT2D eigenvalue weighted by Gasteiger charge is -2.19. The summed E-state index contributed by atoms with van der Waals surface area (Å²) in [5.41, 5.74) is 3.67. The van der Waals surface area contributed by atoms with Gasteiger partial charge < -0.3 is 14.8 Å². The number of carbonyl (C=O) groups is 3. The molecule has 1 aromatic heterocycles. The average molecular weight is 573 g/mol. The number of ether oxygens (including phenoxy) is 2. The van der Waals surface area contributed by atoms with Gasteiger partial charge in [0, 0.05) is 5.56 Å². The Morgan fingerprint density at radius 1 is 0.878 bits per heavy atom. The Morgan fingerprint density at radius 2 is 1.56 bits per heavy atom. The Balaban J connectivity index is 1.58. The van der Waals surface area contributed by atoms with Crippen LogP contribution in [0.5, 0.6) is 0 Å². The van der Waals surface area contributed by atoms with Gasteiger partial charge in [-0.15, -0.1) is 10.2 Å². The zero-order valence-electron chi connectivity index (χ0n) is 23.6. The smallest absolute Gasteiger partial charge is 0.339 e. The molecule has 1 heterocycles. The summed E-state index contributed by atoms with van der Waals surface area (Å²) in [6, 6.07) is 22.4. The van der Waals surface area contributed by atoms with Crippen LogP contribution in [0.2, 0.25) is 0 Å². The highest BCUT2D eigenvalue weighted by atomic mass is 32.2. The Kier molecular flexibility index (Phi) is 9.24. The average Bonchev–Trinajstić information content (AvgIpc) is 3.37. The van der Waals surface area contributed by atoms with Gasteiger partial charge in [0.05, 0.1) is 43.3 Å². The van der Waals surface area contributed by atoms with E-state index in [0.717, 1.165) is 11.1 Å². The molecule has 1 amide bonds. The number of aromatic nitrogens is 3. The van der Waals surface area contributed by atoms with Crippen molar-refractivity contribution in [2.24, 2.45) is 0 Å². The van der Waals surface area contributed by atoms with Crippen LogP contribution < -0.4 is 5.32 Å². The summed E-state index contributed by atoms with van der Waals surface area (Å²) in [5.74, 6) is -0.958. The van der Waals surface area contributed by atoms with Crippen LogP contribution in [0.3, 0.4) is 0 Å². The summed E-state index contributed by atoms with van der Waals surface area (Å²) < 4.78 is 11.6. The van der Waals surface area contributed by atoms with Crippen molar-refractivity contribution in [2.75, 3.05) is 25.3 Å². The number of nitrogens with zero attached hydrogens (tertiary/aromatic N) is 3. The van der Waals surface area contributed by atoms with E-state index >= 15 is 0 Å². The first-order valence-corrected chi connectivity index (χ1v) is 13.9. The Morgan fingerprint density at radius 3 is 2.20 bits per heavy atom. The van der Waals surface area contributed by atoms with Gasteiger partial charge in [-0.25, -0.2) is 9.59 Å². The summed E-state index contributed by atoms with van der Waals surface area (Å²) in [6.45, 7) is 7.01. The Bertz CT molecular complexity index is 1540. The number of nitrogens with one attached hydrogen (secondary N) is 1. The number of carbonyl (C=O) groups excluding carboxylic acids is 3. The summed E-state index contributed by atoms with van der Waals surface area (Å²) in [6.07, 6.45) is 0. The van der Waals surface area contributed by atoms with Crippen molar-refractivity contribution < 1.29 is 23.9 Å². The lowest BCUT2D eigenvalue weighted by Crippen LogP contribution is -2.18. The number of esters is 2. The molecule has 0 atom stereocenters. The molecule has 0 saturated carbocycles. The van der Waals surface area contributed by atoms with E-state index in [9.17, 15) is 14.4 Å². The lowest BCUT2D eigenvalue weighted by atomic mass is 9.87. The molecule has 0 aliphatic rings. The lowest BCUT2D eigenvalue weighted by molar-refractivity contribution is -0.113. The van der Waals surface area contributed by atoms with Crippen LogP contribution in [0.1, 0.15) is 52.6 Å². The minimum absolute atomic E-state index is 0.0149. The molecule has 3 aromatic carbocycles. The molecule has 10 heteroatoms. The van der Waals surface area contributed by atoms with E-state index in [4.69, 9.17) is 9.47 Å². The van der Waals surface area contributed by atoms with Gasteiger partial charge in [0.1, 0.15) is 0 Å². The van der Waals surface area contributed by atoms with Crippen molar-refractivity contribution in [1.82, 2.24) is 14.8 Å². The monoisotopic (exact) mass is 572 g/mol. The van der Waals surface area contributed by atoms with Gasteiger partial charge in [-0.1, -0.05) is 87.1 Å². The number of hydrogen-bond acceptors (Lipinski definition) is 8. The quantitative estimate of drug-likeness (QED) is 0.204. The predicted molar refractivity (Wildman–Crippen MR) is 158 cm³/mol. The molecule has 0 bridgehead atoms. The molecule has 4 aromatic rings. The molecule has 41 heavy (non-hydrogen) atoms. The maximum Gasteiger partial charge on any atom is 0.339 e. The fourth-order valence-corrected chi connectivity index (χ4v) is 4.87. The highest BCUT2D eigenvalue weighted by Gasteiger charge is 2.20. The largest absolute Gasteiger partial charge is 0.465 e. The summed E-state index contributed by atoms with van der Waals surface area (Å²) in [7, 11) is 2.50. The highest BCUT2D eigenvalue weighted by Crippen LogP contribution is 2.29.